The number of halogens is 1. The summed E-state index contributed by atoms with van der Waals surface area (Å²) in [4.78, 5) is 4.71. The van der Waals surface area contributed by atoms with Gasteiger partial charge in [0.25, 0.3) is 0 Å². The van der Waals surface area contributed by atoms with Crippen LogP contribution < -0.4 is 0 Å². The number of likely N-dealkylation sites (N-methyl/N-ethyl adjacent to an activating group) is 1. The van der Waals surface area contributed by atoms with E-state index in [0.29, 0.717) is 0 Å². The fourth-order valence-electron chi connectivity index (χ4n) is 3.30. The molecule has 0 N–H and O–H groups in total. The van der Waals surface area contributed by atoms with E-state index in [0.717, 1.165) is 50.5 Å². The van der Waals surface area contributed by atoms with Gasteiger partial charge in [0.05, 0.1) is 12.8 Å². The van der Waals surface area contributed by atoms with Gasteiger partial charge >= 0.3 is 0 Å². The van der Waals surface area contributed by atoms with Gasteiger partial charge in [-0.3, -0.25) is 9.58 Å². The van der Waals surface area contributed by atoms with E-state index in [1.807, 2.05) is 36.3 Å². The number of nitrogens with zero attached hydrogens (tertiary/aromatic N) is 4. The highest BCUT2D eigenvalue weighted by atomic mass is 19.1. The summed E-state index contributed by atoms with van der Waals surface area (Å²) >= 11 is 0. The van der Waals surface area contributed by atoms with Crippen molar-refractivity contribution in [1.82, 2.24) is 19.6 Å². The second kappa shape index (κ2) is 7.64. The quantitative estimate of drug-likeness (QED) is 0.803. The predicted octanol–water partition coefficient (Wildman–Crippen LogP) is 2.24. The molecule has 25 heavy (non-hydrogen) atoms. The molecule has 0 amide bonds. The molecule has 1 fully saturated rings. The number of hydrogen-bond acceptors (Lipinski definition) is 4. The standard InChI is InChI=1S/C19H27FN4O/c1-19(17-12-21-23(3)14-17)15-24(10-11-25-19)9-8-22(2)13-16-4-6-18(20)7-5-16/h4-7,12,14H,8-11,13,15H2,1-3H3/t19-/m0/s1. The molecule has 1 aromatic heterocycles. The molecular weight excluding hydrogens is 319 g/mol. The van der Waals surface area contributed by atoms with E-state index in [-0.39, 0.29) is 11.4 Å². The summed E-state index contributed by atoms with van der Waals surface area (Å²) in [6, 6.07) is 6.73. The van der Waals surface area contributed by atoms with Crippen molar-refractivity contribution in [1.29, 1.82) is 0 Å². The third kappa shape index (κ3) is 4.66. The Morgan fingerprint density at radius 3 is 2.76 bits per heavy atom. The van der Waals surface area contributed by atoms with E-state index in [1.54, 1.807) is 0 Å². The number of benzene rings is 1. The lowest BCUT2D eigenvalue weighted by Crippen LogP contribution is -2.49. The highest BCUT2D eigenvalue weighted by Crippen LogP contribution is 2.28. The van der Waals surface area contributed by atoms with Gasteiger partial charge in [0.15, 0.2) is 0 Å². The number of morpholine rings is 1. The van der Waals surface area contributed by atoms with Gasteiger partial charge in [0.2, 0.25) is 0 Å². The molecule has 2 heterocycles. The van der Waals surface area contributed by atoms with Gasteiger partial charge in [-0.2, -0.15) is 5.10 Å². The molecule has 0 spiro atoms. The molecule has 136 valence electrons. The van der Waals surface area contributed by atoms with Gasteiger partial charge in [-0.15, -0.1) is 0 Å². The monoisotopic (exact) mass is 346 g/mol. The van der Waals surface area contributed by atoms with Gasteiger partial charge < -0.3 is 9.64 Å². The number of aryl methyl sites for hydroxylation is 1. The normalized spacial score (nSPS) is 21.8. The molecule has 3 rings (SSSR count). The van der Waals surface area contributed by atoms with Crippen LogP contribution in [-0.2, 0) is 23.9 Å². The first-order valence-electron chi connectivity index (χ1n) is 8.73. The topological polar surface area (TPSA) is 33.5 Å². The SMILES string of the molecule is CN(CCN1CCO[C@](C)(c2cnn(C)c2)C1)Cc1ccc(F)cc1. The molecule has 1 atom stereocenters. The van der Waals surface area contributed by atoms with E-state index in [1.165, 1.54) is 12.1 Å². The Kier molecular flexibility index (Phi) is 5.51. The van der Waals surface area contributed by atoms with Crippen LogP contribution in [0.5, 0.6) is 0 Å². The molecule has 0 saturated carbocycles. The Morgan fingerprint density at radius 1 is 1.32 bits per heavy atom. The summed E-state index contributed by atoms with van der Waals surface area (Å²) in [6.07, 6.45) is 3.92. The predicted molar refractivity (Wildman–Crippen MR) is 95.7 cm³/mol. The van der Waals surface area contributed by atoms with Crippen molar-refractivity contribution >= 4 is 0 Å². The molecule has 5 nitrogen and oxygen atoms in total. The molecule has 0 aliphatic carbocycles. The molecule has 0 bridgehead atoms. The van der Waals surface area contributed by atoms with Crippen LogP contribution in [-0.4, -0.2) is 59.4 Å². The van der Waals surface area contributed by atoms with Crippen LogP contribution in [0.2, 0.25) is 0 Å². The largest absolute Gasteiger partial charge is 0.368 e. The zero-order valence-electron chi connectivity index (χ0n) is 15.3. The van der Waals surface area contributed by atoms with Crippen molar-refractivity contribution in [3.8, 4) is 0 Å². The molecule has 1 aromatic carbocycles. The van der Waals surface area contributed by atoms with Gasteiger partial charge in [-0.1, -0.05) is 12.1 Å². The summed E-state index contributed by atoms with van der Waals surface area (Å²) < 4.78 is 20.9. The minimum Gasteiger partial charge on any atom is -0.368 e. The van der Waals surface area contributed by atoms with Crippen LogP contribution in [0.4, 0.5) is 4.39 Å². The van der Waals surface area contributed by atoms with Crippen LogP contribution in [0.15, 0.2) is 36.7 Å². The van der Waals surface area contributed by atoms with Crippen molar-refractivity contribution in [2.75, 3.05) is 39.8 Å². The number of ether oxygens (including phenoxy) is 1. The Labute approximate surface area is 149 Å². The van der Waals surface area contributed by atoms with Gasteiger partial charge in [-0.05, 0) is 31.7 Å². The third-order valence-corrected chi connectivity index (χ3v) is 4.83. The summed E-state index contributed by atoms with van der Waals surface area (Å²) in [5.41, 5.74) is 1.95. The zero-order valence-corrected chi connectivity index (χ0v) is 15.3. The molecular formula is C19H27FN4O. The van der Waals surface area contributed by atoms with Gasteiger partial charge in [0.1, 0.15) is 11.4 Å². The van der Waals surface area contributed by atoms with Crippen molar-refractivity contribution in [2.45, 2.75) is 19.1 Å². The molecule has 1 saturated heterocycles. The van der Waals surface area contributed by atoms with Crippen LogP contribution in [0.3, 0.4) is 0 Å². The van der Waals surface area contributed by atoms with Crippen LogP contribution in [0.25, 0.3) is 0 Å². The first kappa shape index (κ1) is 18.0. The second-order valence-corrected chi connectivity index (χ2v) is 7.12. The lowest BCUT2D eigenvalue weighted by atomic mass is 9.97. The van der Waals surface area contributed by atoms with Crippen molar-refractivity contribution in [2.24, 2.45) is 7.05 Å². The fraction of sp³-hybridized carbons (Fsp3) is 0.526. The number of hydrogen-bond donors (Lipinski definition) is 0. The maximum absolute atomic E-state index is 13.0. The van der Waals surface area contributed by atoms with E-state index in [4.69, 9.17) is 4.74 Å². The summed E-state index contributed by atoms with van der Waals surface area (Å²) in [5, 5.41) is 4.27. The second-order valence-electron chi connectivity index (χ2n) is 7.12. The highest BCUT2D eigenvalue weighted by molar-refractivity contribution is 5.17. The van der Waals surface area contributed by atoms with Crippen LogP contribution >= 0.6 is 0 Å². The van der Waals surface area contributed by atoms with Crippen LogP contribution in [0, 0.1) is 5.82 Å². The van der Waals surface area contributed by atoms with Crippen molar-refractivity contribution in [3.05, 3.63) is 53.6 Å². The maximum atomic E-state index is 13.0. The Hall–Kier alpha value is -1.76. The summed E-state index contributed by atoms with van der Waals surface area (Å²) in [7, 11) is 4.03. The lowest BCUT2D eigenvalue weighted by Gasteiger charge is -2.40. The van der Waals surface area contributed by atoms with E-state index in [2.05, 4.69) is 28.9 Å². The Morgan fingerprint density at radius 2 is 2.08 bits per heavy atom. The first-order valence-corrected chi connectivity index (χ1v) is 8.73. The molecule has 0 unspecified atom stereocenters. The lowest BCUT2D eigenvalue weighted by molar-refractivity contribution is -0.104. The fourth-order valence-corrected chi connectivity index (χ4v) is 3.30. The van der Waals surface area contributed by atoms with E-state index in [9.17, 15) is 4.39 Å². The summed E-state index contributed by atoms with van der Waals surface area (Å²) in [6.45, 7) is 7.44. The molecule has 6 heteroatoms. The average Bonchev–Trinajstić information content (AvgIpc) is 3.03. The van der Waals surface area contributed by atoms with Crippen molar-refractivity contribution in [3.63, 3.8) is 0 Å². The molecule has 1 aliphatic heterocycles. The number of aromatic nitrogens is 2. The zero-order chi connectivity index (χ0) is 17.9. The van der Waals surface area contributed by atoms with Crippen molar-refractivity contribution < 1.29 is 9.13 Å². The molecule has 2 aromatic rings. The minimum absolute atomic E-state index is 0.186. The highest BCUT2D eigenvalue weighted by Gasteiger charge is 2.34. The average molecular weight is 346 g/mol. The molecule has 0 radical (unpaired) electrons. The first-order chi connectivity index (χ1) is 11.9. The minimum atomic E-state index is -0.304. The third-order valence-electron chi connectivity index (χ3n) is 4.83. The summed E-state index contributed by atoms with van der Waals surface area (Å²) in [5.74, 6) is -0.186. The number of rotatable bonds is 6. The molecule has 1 aliphatic rings. The van der Waals surface area contributed by atoms with Gasteiger partial charge in [0, 0.05) is 51.5 Å². The van der Waals surface area contributed by atoms with E-state index >= 15 is 0 Å². The van der Waals surface area contributed by atoms with Gasteiger partial charge in [-0.25, -0.2) is 4.39 Å². The van der Waals surface area contributed by atoms with E-state index < -0.39 is 0 Å². The Bertz CT molecular complexity index is 687. The Balaban J connectivity index is 1.51. The maximum Gasteiger partial charge on any atom is 0.123 e. The van der Waals surface area contributed by atoms with Crippen LogP contribution in [0.1, 0.15) is 18.1 Å². The smallest absolute Gasteiger partial charge is 0.123 e.